The predicted molar refractivity (Wildman–Crippen MR) is 75.0 cm³/mol. The van der Waals surface area contributed by atoms with Crippen molar-refractivity contribution in [2.45, 2.75) is 25.7 Å². The van der Waals surface area contributed by atoms with E-state index in [0.29, 0.717) is 5.92 Å². The Morgan fingerprint density at radius 2 is 1.94 bits per heavy atom. The van der Waals surface area contributed by atoms with Gasteiger partial charge in [-0.2, -0.15) is 0 Å². The SMILES string of the molecule is COCCCCC(CN)Cc1ccccc1OC. The molecule has 0 radical (unpaired) electrons. The molecule has 0 heterocycles. The van der Waals surface area contributed by atoms with Crippen LogP contribution in [-0.2, 0) is 11.2 Å². The van der Waals surface area contributed by atoms with Crippen molar-refractivity contribution in [1.29, 1.82) is 0 Å². The molecule has 1 aromatic rings. The largest absolute Gasteiger partial charge is 0.496 e. The molecular weight excluding hydrogens is 226 g/mol. The van der Waals surface area contributed by atoms with Crippen molar-refractivity contribution in [3.8, 4) is 5.75 Å². The van der Waals surface area contributed by atoms with Crippen molar-refractivity contribution in [3.63, 3.8) is 0 Å². The van der Waals surface area contributed by atoms with E-state index in [2.05, 4.69) is 12.1 Å². The van der Waals surface area contributed by atoms with Crippen LogP contribution in [0.25, 0.3) is 0 Å². The lowest BCUT2D eigenvalue weighted by Crippen LogP contribution is -2.17. The minimum atomic E-state index is 0.526. The molecule has 0 fully saturated rings. The lowest BCUT2D eigenvalue weighted by atomic mass is 9.94. The molecule has 1 atom stereocenters. The lowest BCUT2D eigenvalue weighted by Gasteiger charge is -2.16. The topological polar surface area (TPSA) is 44.5 Å². The average Bonchev–Trinajstić information content (AvgIpc) is 2.42. The molecule has 0 bridgehead atoms. The van der Waals surface area contributed by atoms with E-state index in [-0.39, 0.29) is 0 Å². The fourth-order valence-electron chi connectivity index (χ4n) is 2.17. The number of unbranched alkanes of at least 4 members (excludes halogenated alkanes) is 1. The van der Waals surface area contributed by atoms with Crippen molar-refractivity contribution in [2.75, 3.05) is 27.4 Å². The summed E-state index contributed by atoms with van der Waals surface area (Å²) in [6.45, 7) is 1.57. The summed E-state index contributed by atoms with van der Waals surface area (Å²) >= 11 is 0. The number of methoxy groups -OCH3 is 2. The monoisotopic (exact) mass is 251 g/mol. The highest BCUT2D eigenvalue weighted by Crippen LogP contribution is 2.22. The molecule has 18 heavy (non-hydrogen) atoms. The first-order valence-corrected chi connectivity index (χ1v) is 6.62. The maximum Gasteiger partial charge on any atom is 0.122 e. The number of ether oxygens (including phenoxy) is 2. The zero-order valence-corrected chi connectivity index (χ0v) is 11.5. The standard InChI is InChI=1S/C15H25NO2/c1-17-10-6-5-7-13(12-16)11-14-8-3-4-9-15(14)18-2/h3-4,8-9,13H,5-7,10-12,16H2,1-2H3. The van der Waals surface area contributed by atoms with Gasteiger partial charge in [0.2, 0.25) is 0 Å². The Morgan fingerprint density at radius 3 is 2.61 bits per heavy atom. The molecule has 0 aliphatic rings. The summed E-state index contributed by atoms with van der Waals surface area (Å²) < 4.78 is 10.4. The van der Waals surface area contributed by atoms with Gasteiger partial charge in [0.1, 0.15) is 5.75 Å². The van der Waals surface area contributed by atoms with E-state index in [1.807, 2.05) is 12.1 Å². The minimum Gasteiger partial charge on any atom is -0.496 e. The van der Waals surface area contributed by atoms with Gasteiger partial charge in [0.25, 0.3) is 0 Å². The molecule has 0 aliphatic carbocycles. The molecule has 0 aromatic heterocycles. The summed E-state index contributed by atoms with van der Waals surface area (Å²) in [7, 11) is 3.46. The first kappa shape index (κ1) is 15.0. The van der Waals surface area contributed by atoms with Gasteiger partial charge in [-0.3, -0.25) is 0 Å². The van der Waals surface area contributed by atoms with Gasteiger partial charge in [0, 0.05) is 13.7 Å². The normalized spacial score (nSPS) is 12.4. The molecule has 1 rings (SSSR count). The van der Waals surface area contributed by atoms with Gasteiger partial charge >= 0.3 is 0 Å². The maximum absolute atomic E-state index is 5.85. The van der Waals surface area contributed by atoms with Crippen molar-refractivity contribution < 1.29 is 9.47 Å². The second kappa shape index (κ2) is 8.95. The number of benzene rings is 1. The molecular formula is C15H25NO2. The van der Waals surface area contributed by atoms with E-state index in [0.717, 1.165) is 38.2 Å². The highest BCUT2D eigenvalue weighted by Gasteiger charge is 2.10. The highest BCUT2D eigenvalue weighted by atomic mass is 16.5. The van der Waals surface area contributed by atoms with Crippen LogP contribution in [0, 0.1) is 5.92 Å². The van der Waals surface area contributed by atoms with Crippen LogP contribution >= 0.6 is 0 Å². The Bertz CT molecular complexity index is 328. The molecule has 0 amide bonds. The third-order valence-corrected chi connectivity index (χ3v) is 3.25. The first-order valence-electron chi connectivity index (χ1n) is 6.62. The molecule has 102 valence electrons. The van der Waals surface area contributed by atoms with E-state index in [1.54, 1.807) is 14.2 Å². The Balaban J connectivity index is 2.46. The Hall–Kier alpha value is -1.06. The zero-order valence-electron chi connectivity index (χ0n) is 11.5. The van der Waals surface area contributed by atoms with Gasteiger partial charge in [0.15, 0.2) is 0 Å². The summed E-state index contributed by atoms with van der Waals surface area (Å²) in [5, 5.41) is 0. The number of rotatable bonds is 9. The van der Waals surface area contributed by atoms with Gasteiger partial charge < -0.3 is 15.2 Å². The summed E-state index contributed by atoms with van der Waals surface area (Å²) in [6.07, 6.45) is 4.43. The van der Waals surface area contributed by atoms with Crippen LogP contribution in [0.15, 0.2) is 24.3 Å². The number of hydrogen-bond acceptors (Lipinski definition) is 3. The molecule has 1 aromatic carbocycles. The second-order valence-corrected chi connectivity index (χ2v) is 4.61. The number of hydrogen-bond donors (Lipinski definition) is 1. The summed E-state index contributed by atoms with van der Waals surface area (Å²) in [6, 6.07) is 8.18. The van der Waals surface area contributed by atoms with E-state index in [9.17, 15) is 0 Å². The van der Waals surface area contributed by atoms with Crippen LogP contribution in [0.2, 0.25) is 0 Å². The van der Waals surface area contributed by atoms with Crippen LogP contribution in [-0.4, -0.2) is 27.4 Å². The van der Waals surface area contributed by atoms with E-state index in [1.165, 1.54) is 12.0 Å². The third kappa shape index (κ3) is 5.07. The maximum atomic E-state index is 5.85. The van der Waals surface area contributed by atoms with Crippen molar-refractivity contribution in [1.82, 2.24) is 0 Å². The van der Waals surface area contributed by atoms with E-state index in [4.69, 9.17) is 15.2 Å². The van der Waals surface area contributed by atoms with Crippen LogP contribution in [0.4, 0.5) is 0 Å². The van der Waals surface area contributed by atoms with Crippen LogP contribution < -0.4 is 10.5 Å². The molecule has 0 saturated carbocycles. The molecule has 2 N–H and O–H groups in total. The Kier molecular flexibility index (Phi) is 7.46. The van der Waals surface area contributed by atoms with Crippen molar-refractivity contribution in [2.24, 2.45) is 11.7 Å². The predicted octanol–water partition coefficient (Wildman–Crippen LogP) is 2.63. The highest BCUT2D eigenvalue weighted by molar-refractivity contribution is 5.33. The van der Waals surface area contributed by atoms with E-state index >= 15 is 0 Å². The summed E-state index contributed by atoms with van der Waals surface area (Å²) in [5.41, 5.74) is 7.11. The van der Waals surface area contributed by atoms with E-state index < -0.39 is 0 Å². The second-order valence-electron chi connectivity index (χ2n) is 4.61. The molecule has 0 saturated heterocycles. The average molecular weight is 251 g/mol. The smallest absolute Gasteiger partial charge is 0.122 e. The molecule has 3 heteroatoms. The fourth-order valence-corrected chi connectivity index (χ4v) is 2.17. The van der Waals surface area contributed by atoms with Crippen LogP contribution in [0.5, 0.6) is 5.75 Å². The zero-order chi connectivity index (χ0) is 13.2. The van der Waals surface area contributed by atoms with Gasteiger partial charge in [0.05, 0.1) is 7.11 Å². The fraction of sp³-hybridized carbons (Fsp3) is 0.600. The van der Waals surface area contributed by atoms with Gasteiger partial charge in [-0.1, -0.05) is 24.6 Å². The molecule has 3 nitrogen and oxygen atoms in total. The summed E-state index contributed by atoms with van der Waals surface area (Å²) in [4.78, 5) is 0. The summed E-state index contributed by atoms with van der Waals surface area (Å²) in [5.74, 6) is 1.49. The Labute approximate surface area is 110 Å². The third-order valence-electron chi connectivity index (χ3n) is 3.25. The van der Waals surface area contributed by atoms with Crippen LogP contribution in [0.1, 0.15) is 24.8 Å². The van der Waals surface area contributed by atoms with Gasteiger partial charge in [-0.15, -0.1) is 0 Å². The lowest BCUT2D eigenvalue weighted by molar-refractivity contribution is 0.190. The molecule has 0 spiro atoms. The minimum absolute atomic E-state index is 0.526. The molecule has 0 aliphatic heterocycles. The first-order chi connectivity index (χ1) is 8.81. The van der Waals surface area contributed by atoms with Gasteiger partial charge in [-0.05, 0) is 43.4 Å². The van der Waals surface area contributed by atoms with Gasteiger partial charge in [-0.25, -0.2) is 0 Å². The number of para-hydroxylation sites is 1. The molecule has 1 unspecified atom stereocenters. The Morgan fingerprint density at radius 1 is 1.17 bits per heavy atom. The van der Waals surface area contributed by atoms with Crippen LogP contribution in [0.3, 0.4) is 0 Å². The quantitative estimate of drug-likeness (QED) is 0.686. The van der Waals surface area contributed by atoms with Crippen molar-refractivity contribution in [3.05, 3.63) is 29.8 Å². The number of nitrogens with two attached hydrogens (primary N) is 1. The van der Waals surface area contributed by atoms with Crippen molar-refractivity contribution >= 4 is 0 Å².